The average molecular weight is 590 g/mol. The van der Waals surface area contributed by atoms with E-state index >= 15 is 0 Å². The summed E-state index contributed by atoms with van der Waals surface area (Å²) in [6.07, 6.45) is 8.59. The largest absolute Gasteiger partial charge is 0.439 e. The van der Waals surface area contributed by atoms with E-state index in [0.717, 1.165) is 32.4 Å². The number of anilines is 1. The van der Waals surface area contributed by atoms with Gasteiger partial charge in [-0.25, -0.2) is 4.79 Å². The maximum atomic E-state index is 13.8. The fraction of sp³-hybridized carbons (Fsp3) is 0.321. The van der Waals surface area contributed by atoms with Gasteiger partial charge in [-0.15, -0.1) is 5.10 Å². The third-order valence-electron chi connectivity index (χ3n) is 7.63. The second-order valence-corrected chi connectivity index (χ2v) is 10.7. The number of H-pyrrole nitrogens is 1. The van der Waals surface area contributed by atoms with Crippen LogP contribution in [-0.2, 0) is 9.59 Å². The molecule has 0 saturated carbocycles. The molecule has 0 unspecified atom stereocenters. The van der Waals surface area contributed by atoms with Gasteiger partial charge in [-0.1, -0.05) is 23.2 Å². The minimum Gasteiger partial charge on any atom is -0.325 e. The molecule has 13 nitrogen and oxygen atoms in total. The van der Waals surface area contributed by atoms with E-state index in [1.165, 1.54) is 17.1 Å². The number of nitrogens with zero attached hydrogens (tertiary/aromatic N) is 7. The van der Waals surface area contributed by atoms with Crippen LogP contribution in [0.5, 0.6) is 0 Å². The highest BCUT2D eigenvalue weighted by molar-refractivity contribution is 6.30. The summed E-state index contributed by atoms with van der Waals surface area (Å²) in [4.78, 5) is 45.2. The second kappa shape index (κ2) is 12.1. The van der Waals surface area contributed by atoms with Crippen molar-refractivity contribution in [2.45, 2.75) is 37.8 Å². The monoisotopic (exact) mass is 589 g/mol. The van der Waals surface area contributed by atoms with Crippen LogP contribution < -0.4 is 11.1 Å². The Morgan fingerprint density at radius 2 is 1.88 bits per heavy atom. The second-order valence-electron chi connectivity index (χ2n) is 10.2. The lowest BCUT2D eigenvalue weighted by Gasteiger charge is -2.36. The van der Waals surface area contributed by atoms with E-state index in [2.05, 4.69) is 40.4 Å². The Hall–Kier alpha value is -4.62. The molecule has 42 heavy (non-hydrogen) atoms. The summed E-state index contributed by atoms with van der Waals surface area (Å²) >= 11 is 6.24. The van der Waals surface area contributed by atoms with Crippen molar-refractivity contribution in [1.29, 1.82) is 0 Å². The maximum Gasteiger partial charge on any atom is 0.439 e. The number of carbonyl (C=O) groups excluding carboxylic acids is 2. The smallest absolute Gasteiger partial charge is 0.325 e. The standard InChI is InChI=1S/C28H28ClN9O4/c29-20-7-10-22(38-17-30-34-35-38)19(16-20)6-11-24(39)37-15-12-23(36-13-2-1-3-14-36)25(37)27(40)31-21-8-4-18(5-9-21)26-32-28(41)42-33-26/h4-11,16-17,23,25H,1-3,12-15H2,(H,31,40)(H,32,33,41)/b11-6+/t23-,25+/m1/s1. The number of carbonyl (C=O) groups is 2. The van der Waals surface area contributed by atoms with Crippen LogP contribution in [0.2, 0.25) is 5.02 Å². The van der Waals surface area contributed by atoms with Gasteiger partial charge in [0.15, 0.2) is 5.82 Å². The van der Waals surface area contributed by atoms with Gasteiger partial charge in [0.05, 0.1) is 5.69 Å². The number of aromatic nitrogens is 6. The molecule has 14 heteroatoms. The van der Waals surface area contributed by atoms with E-state index in [-0.39, 0.29) is 17.9 Å². The zero-order chi connectivity index (χ0) is 29.1. The summed E-state index contributed by atoms with van der Waals surface area (Å²) in [6, 6.07) is 11.3. The lowest BCUT2D eigenvalue weighted by Crippen LogP contribution is -2.53. The van der Waals surface area contributed by atoms with Gasteiger partial charge in [0, 0.05) is 40.5 Å². The normalized spacial score (nSPS) is 19.4. The molecule has 2 aromatic carbocycles. The van der Waals surface area contributed by atoms with E-state index < -0.39 is 11.8 Å². The SMILES string of the molecule is O=C(Nc1ccc(-c2noc(=O)[nH]2)cc1)[C@@H]1[C@H](N2CCCCC2)CCN1C(=O)/C=C/c1cc(Cl)ccc1-n1cnnn1. The molecule has 2 aliphatic heterocycles. The van der Waals surface area contributed by atoms with Crippen molar-refractivity contribution >= 4 is 35.2 Å². The molecule has 2 atom stereocenters. The zero-order valence-electron chi connectivity index (χ0n) is 22.5. The van der Waals surface area contributed by atoms with Crippen molar-refractivity contribution in [3.8, 4) is 17.1 Å². The number of aromatic amines is 1. The Labute approximate surface area is 245 Å². The molecule has 2 amide bonds. The molecule has 0 spiro atoms. The molecule has 0 bridgehead atoms. The van der Waals surface area contributed by atoms with E-state index in [0.29, 0.717) is 46.3 Å². The highest BCUT2D eigenvalue weighted by Crippen LogP contribution is 2.28. The Morgan fingerprint density at radius 3 is 2.60 bits per heavy atom. The Kier molecular flexibility index (Phi) is 7.93. The first-order valence-corrected chi connectivity index (χ1v) is 14.1. The van der Waals surface area contributed by atoms with Gasteiger partial charge in [-0.3, -0.25) is 24.0 Å². The van der Waals surface area contributed by atoms with Crippen LogP contribution in [0, 0.1) is 0 Å². The van der Waals surface area contributed by atoms with E-state index in [4.69, 9.17) is 11.6 Å². The zero-order valence-corrected chi connectivity index (χ0v) is 23.3. The van der Waals surface area contributed by atoms with Gasteiger partial charge < -0.3 is 10.2 Å². The molecule has 4 heterocycles. The molecule has 6 rings (SSSR count). The fourth-order valence-corrected chi connectivity index (χ4v) is 5.83. The molecule has 2 N–H and O–H groups in total. The molecule has 2 aromatic heterocycles. The lowest BCUT2D eigenvalue weighted by molar-refractivity contribution is -0.134. The van der Waals surface area contributed by atoms with Gasteiger partial charge in [0.1, 0.15) is 12.4 Å². The van der Waals surface area contributed by atoms with Crippen LogP contribution in [0.4, 0.5) is 5.69 Å². The van der Waals surface area contributed by atoms with Crippen molar-refractivity contribution in [1.82, 2.24) is 40.1 Å². The first kappa shape index (κ1) is 27.5. The predicted octanol–water partition coefficient (Wildman–Crippen LogP) is 2.77. The summed E-state index contributed by atoms with van der Waals surface area (Å²) in [7, 11) is 0. The summed E-state index contributed by atoms with van der Waals surface area (Å²) in [6.45, 7) is 2.25. The number of piperidine rings is 1. The number of nitrogens with one attached hydrogen (secondary N) is 2. The summed E-state index contributed by atoms with van der Waals surface area (Å²) in [5.41, 5.74) is 2.51. The Morgan fingerprint density at radius 1 is 1.07 bits per heavy atom. The first-order chi connectivity index (χ1) is 20.5. The summed E-state index contributed by atoms with van der Waals surface area (Å²) in [5.74, 6) is -0.884. The number of benzene rings is 2. The maximum absolute atomic E-state index is 13.8. The van der Waals surface area contributed by atoms with Gasteiger partial charge in [0.25, 0.3) is 0 Å². The van der Waals surface area contributed by atoms with Gasteiger partial charge in [0.2, 0.25) is 11.8 Å². The molecule has 0 aliphatic carbocycles. The van der Waals surface area contributed by atoms with Crippen molar-refractivity contribution in [3.63, 3.8) is 0 Å². The van der Waals surface area contributed by atoms with E-state index in [1.807, 2.05) is 0 Å². The minimum absolute atomic E-state index is 0.0925. The third-order valence-corrected chi connectivity index (χ3v) is 7.87. The molecule has 4 aromatic rings. The highest BCUT2D eigenvalue weighted by Gasteiger charge is 2.44. The average Bonchev–Trinajstić information content (AvgIpc) is 3.78. The topological polar surface area (TPSA) is 155 Å². The Bertz CT molecular complexity index is 1640. The van der Waals surface area contributed by atoms with Crippen molar-refractivity contribution < 1.29 is 14.1 Å². The molecule has 2 aliphatic rings. The molecular weight excluding hydrogens is 562 g/mol. The predicted molar refractivity (Wildman–Crippen MR) is 154 cm³/mol. The van der Waals surface area contributed by atoms with Crippen LogP contribution in [-0.4, -0.2) is 83.7 Å². The van der Waals surface area contributed by atoms with E-state index in [1.54, 1.807) is 53.4 Å². The van der Waals surface area contributed by atoms with Gasteiger partial charge >= 0.3 is 5.76 Å². The number of likely N-dealkylation sites (tertiary alicyclic amines) is 2. The molecule has 2 fully saturated rings. The highest BCUT2D eigenvalue weighted by atomic mass is 35.5. The minimum atomic E-state index is -0.676. The van der Waals surface area contributed by atoms with Crippen LogP contribution >= 0.6 is 11.6 Å². The van der Waals surface area contributed by atoms with Crippen molar-refractivity contribution in [2.24, 2.45) is 0 Å². The summed E-state index contributed by atoms with van der Waals surface area (Å²) < 4.78 is 6.06. The fourth-order valence-electron chi connectivity index (χ4n) is 5.65. The first-order valence-electron chi connectivity index (χ1n) is 13.7. The van der Waals surface area contributed by atoms with Gasteiger partial charge in [-0.2, -0.15) is 4.68 Å². The molecular formula is C28H28ClN9O4. The van der Waals surface area contributed by atoms with Crippen molar-refractivity contribution in [3.05, 3.63) is 76.0 Å². The van der Waals surface area contributed by atoms with Gasteiger partial charge in [-0.05, 0) is 91.3 Å². The van der Waals surface area contributed by atoms with Crippen LogP contribution in [0.1, 0.15) is 31.2 Å². The lowest BCUT2D eigenvalue weighted by atomic mass is 10.0. The van der Waals surface area contributed by atoms with Crippen LogP contribution in [0.3, 0.4) is 0 Å². The number of amides is 2. The molecule has 216 valence electrons. The molecule has 0 radical (unpaired) electrons. The number of tetrazole rings is 1. The number of hydrogen-bond donors (Lipinski definition) is 2. The van der Waals surface area contributed by atoms with Crippen molar-refractivity contribution in [2.75, 3.05) is 25.0 Å². The number of halogens is 1. The molecule has 2 saturated heterocycles. The van der Waals surface area contributed by atoms with Crippen LogP contribution in [0.15, 0.2) is 64.2 Å². The quantitative estimate of drug-likeness (QED) is 0.309. The van der Waals surface area contributed by atoms with Crippen LogP contribution in [0.25, 0.3) is 23.2 Å². The number of rotatable bonds is 7. The number of hydrogen-bond acceptors (Lipinski definition) is 9. The summed E-state index contributed by atoms with van der Waals surface area (Å²) in [5, 5.41) is 18.5. The van der Waals surface area contributed by atoms with E-state index in [9.17, 15) is 14.4 Å². The third kappa shape index (κ3) is 5.87. The Balaban J connectivity index is 1.23.